The number of carbonyl (C=O) groups excluding carboxylic acids is 1. The van der Waals surface area contributed by atoms with Crippen LogP contribution in [0.3, 0.4) is 0 Å². The molecule has 1 atom stereocenters. The quantitative estimate of drug-likeness (QED) is 0.799. The van der Waals surface area contributed by atoms with Gasteiger partial charge in [0, 0.05) is 11.1 Å². The van der Waals surface area contributed by atoms with Gasteiger partial charge in [-0.1, -0.05) is 0 Å². The lowest BCUT2D eigenvalue weighted by atomic mass is 10.2. The molecule has 1 amide bonds. The van der Waals surface area contributed by atoms with Gasteiger partial charge in [0.2, 0.25) is 0 Å². The Bertz CT molecular complexity index is 718. The van der Waals surface area contributed by atoms with Crippen molar-refractivity contribution in [2.24, 2.45) is 5.92 Å². The van der Waals surface area contributed by atoms with Crippen molar-refractivity contribution in [1.29, 1.82) is 0 Å². The van der Waals surface area contributed by atoms with Crippen LogP contribution in [-0.2, 0) is 4.79 Å². The van der Waals surface area contributed by atoms with E-state index < -0.39 is 0 Å². The SMILES string of the molecule is Cc1csc(C(NC(=O)COc2ccc(F)cc2Br)C2CC2)n1. The van der Waals surface area contributed by atoms with Gasteiger partial charge in [0.25, 0.3) is 5.91 Å². The molecule has 0 spiro atoms. The number of hydrogen-bond donors (Lipinski definition) is 1. The number of halogens is 2. The first kappa shape index (κ1) is 16.4. The normalized spacial score (nSPS) is 15.3. The largest absolute Gasteiger partial charge is 0.483 e. The molecule has 4 nitrogen and oxygen atoms in total. The van der Waals surface area contributed by atoms with Crippen LogP contribution in [0.25, 0.3) is 0 Å². The maximum Gasteiger partial charge on any atom is 0.258 e. The van der Waals surface area contributed by atoms with Gasteiger partial charge in [-0.2, -0.15) is 0 Å². The van der Waals surface area contributed by atoms with Crippen LogP contribution in [0.15, 0.2) is 28.1 Å². The zero-order valence-corrected chi connectivity index (χ0v) is 14.9. The van der Waals surface area contributed by atoms with Gasteiger partial charge in [0.05, 0.1) is 10.5 Å². The predicted molar refractivity (Wildman–Crippen MR) is 90.1 cm³/mol. The summed E-state index contributed by atoms with van der Waals surface area (Å²) in [4.78, 5) is 16.6. The van der Waals surface area contributed by atoms with Crippen molar-refractivity contribution in [2.45, 2.75) is 25.8 Å². The van der Waals surface area contributed by atoms with Crippen molar-refractivity contribution in [1.82, 2.24) is 10.3 Å². The Morgan fingerprint density at radius 2 is 2.35 bits per heavy atom. The van der Waals surface area contributed by atoms with E-state index in [2.05, 4.69) is 26.2 Å². The van der Waals surface area contributed by atoms with Gasteiger partial charge in [-0.25, -0.2) is 9.37 Å². The molecule has 3 rings (SSSR count). The van der Waals surface area contributed by atoms with Gasteiger partial charge in [0.15, 0.2) is 6.61 Å². The molecule has 1 fully saturated rings. The van der Waals surface area contributed by atoms with E-state index >= 15 is 0 Å². The third kappa shape index (κ3) is 4.29. The van der Waals surface area contributed by atoms with Crippen LogP contribution in [0.1, 0.15) is 29.6 Å². The van der Waals surface area contributed by atoms with Crippen LogP contribution in [0.5, 0.6) is 5.75 Å². The number of hydrogen-bond acceptors (Lipinski definition) is 4. The van der Waals surface area contributed by atoms with Crippen molar-refractivity contribution >= 4 is 33.2 Å². The fourth-order valence-corrected chi connectivity index (χ4v) is 3.68. The van der Waals surface area contributed by atoms with Crippen LogP contribution in [0.4, 0.5) is 4.39 Å². The first-order valence-electron chi connectivity index (χ1n) is 7.32. The smallest absolute Gasteiger partial charge is 0.258 e. The van der Waals surface area contributed by atoms with E-state index in [0.29, 0.717) is 16.1 Å². The number of nitrogens with zero attached hydrogens (tertiary/aromatic N) is 1. The van der Waals surface area contributed by atoms with E-state index in [1.165, 1.54) is 18.2 Å². The van der Waals surface area contributed by atoms with Crippen LogP contribution < -0.4 is 10.1 Å². The highest BCUT2D eigenvalue weighted by Gasteiger charge is 2.35. The van der Waals surface area contributed by atoms with Crippen molar-refractivity contribution in [3.63, 3.8) is 0 Å². The van der Waals surface area contributed by atoms with Gasteiger partial charge in [0.1, 0.15) is 16.6 Å². The maximum absolute atomic E-state index is 13.0. The second kappa shape index (κ2) is 6.97. The number of aromatic nitrogens is 1. The second-order valence-electron chi connectivity index (χ2n) is 5.57. The number of nitrogens with one attached hydrogen (secondary N) is 1. The summed E-state index contributed by atoms with van der Waals surface area (Å²) >= 11 is 4.79. The molecule has 1 saturated carbocycles. The highest BCUT2D eigenvalue weighted by atomic mass is 79.9. The van der Waals surface area contributed by atoms with Gasteiger partial charge in [-0.05, 0) is 59.8 Å². The summed E-state index contributed by atoms with van der Waals surface area (Å²) in [7, 11) is 0. The Labute approximate surface area is 146 Å². The highest BCUT2D eigenvalue weighted by molar-refractivity contribution is 9.10. The minimum atomic E-state index is -0.360. The Kier molecular flexibility index (Phi) is 4.96. The predicted octanol–water partition coefficient (Wildman–Crippen LogP) is 4.00. The molecule has 0 aliphatic heterocycles. The Morgan fingerprint density at radius 3 is 2.96 bits per heavy atom. The number of carbonyl (C=O) groups is 1. The molecule has 1 heterocycles. The van der Waals surface area contributed by atoms with Crippen LogP contribution in [-0.4, -0.2) is 17.5 Å². The maximum atomic E-state index is 13.0. The minimum Gasteiger partial charge on any atom is -0.483 e. The summed E-state index contributed by atoms with van der Waals surface area (Å²) in [5.41, 5.74) is 0.969. The standard InChI is InChI=1S/C16H16BrFN2O2S/c1-9-8-23-16(19-9)15(10-2-3-10)20-14(21)7-22-13-5-4-11(18)6-12(13)17/h4-6,8,10,15H,2-3,7H2,1H3,(H,20,21). The molecular formula is C16H16BrFN2O2S. The third-order valence-electron chi connectivity index (χ3n) is 3.57. The van der Waals surface area contributed by atoms with Crippen molar-refractivity contribution < 1.29 is 13.9 Å². The van der Waals surface area contributed by atoms with E-state index in [1.807, 2.05) is 12.3 Å². The molecule has 1 unspecified atom stereocenters. The first-order chi connectivity index (χ1) is 11.0. The molecule has 1 aromatic heterocycles. The number of ether oxygens (including phenoxy) is 1. The molecule has 1 aromatic carbocycles. The number of benzene rings is 1. The van der Waals surface area contributed by atoms with Gasteiger partial charge >= 0.3 is 0 Å². The van der Waals surface area contributed by atoms with E-state index in [1.54, 1.807) is 11.3 Å². The van der Waals surface area contributed by atoms with Crippen LogP contribution in [0.2, 0.25) is 0 Å². The lowest BCUT2D eigenvalue weighted by Crippen LogP contribution is -2.33. The van der Waals surface area contributed by atoms with Crippen molar-refractivity contribution in [2.75, 3.05) is 6.61 Å². The van der Waals surface area contributed by atoms with Crippen molar-refractivity contribution in [3.05, 3.63) is 44.6 Å². The fraction of sp³-hybridized carbons (Fsp3) is 0.375. The molecule has 0 saturated heterocycles. The van der Waals surface area contributed by atoms with Gasteiger partial charge in [-0.3, -0.25) is 4.79 Å². The van der Waals surface area contributed by atoms with Crippen molar-refractivity contribution in [3.8, 4) is 5.75 Å². The molecule has 2 aromatic rings. The van der Waals surface area contributed by atoms with E-state index in [0.717, 1.165) is 23.5 Å². The Balaban J connectivity index is 1.59. The molecular weight excluding hydrogens is 383 g/mol. The van der Waals surface area contributed by atoms with Gasteiger partial charge < -0.3 is 10.1 Å². The molecule has 0 bridgehead atoms. The van der Waals surface area contributed by atoms with E-state index in [-0.39, 0.29) is 24.4 Å². The zero-order chi connectivity index (χ0) is 16.4. The summed E-state index contributed by atoms with van der Waals surface area (Å²) in [6.45, 7) is 1.83. The average Bonchev–Trinajstić information content (AvgIpc) is 3.25. The Morgan fingerprint density at radius 1 is 1.57 bits per heavy atom. The van der Waals surface area contributed by atoms with Crippen LogP contribution >= 0.6 is 27.3 Å². The third-order valence-corrected chi connectivity index (χ3v) is 5.23. The molecule has 7 heteroatoms. The summed E-state index contributed by atoms with van der Waals surface area (Å²) in [5.74, 6) is 0.337. The van der Waals surface area contributed by atoms with Gasteiger partial charge in [-0.15, -0.1) is 11.3 Å². The number of amides is 1. The van der Waals surface area contributed by atoms with Crippen LogP contribution in [0, 0.1) is 18.7 Å². The molecule has 1 aliphatic carbocycles. The number of aryl methyl sites for hydroxylation is 1. The Hall–Kier alpha value is -1.47. The molecule has 1 aliphatic rings. The average molecular weight is 399 g/mol. The fourth-order valence-electron chi connectivity index (χ4n) is 2.28. The molecule has 122 valence electrons. The summed E-state index contributed by atoms with van der Waals surface area (Å²) in [5, 5.41) is 5.94. The first-order valence-corrected chi connectivity index (χ1v) is 8.99. The lowest BCUT2D eigenvalue weighted by molar-refractivity contribution is -0.124. The molecule has 1 N–H and O–H groups in total. The lowest BCUT2D eigenvalue weighted by Gasteiger charge is -2.16. The highest BCUT2D eigenvalue weighted by Crippen LogP contribution is 2.41. The minimum absolute atomic E-state index is 0.0403. The molecule has 23 heavy (non-hydrogen) atoms. The van der Waals surface area contributed by atoms with E-state index in [9.17, 15) is 9.18 Å². The molecule has 0 radical (unpaired) electrons. The number of rotatable bonds is 6. The number of thiazole rings is 1. The summed E-state index contributed by atoms with van der Waals surface area (Å²) < 4.78 is 19.0. The zero-order valence-electron chi connectivity index (χ0n) is 12.5. The monoisotopic (exact) mass is 398 g/mol. The summed E-state index contributed by atoms with van der Waals surface area (Å²) in [6.07, 6.45) is 2.21. The van der Waals surface area contributed by atoms with E-state index in [4.69, 9.17) is 4.74 Å². The second-order valence-corrected chi connectivity index (χ2v) is 7.32. The topological polar surface area (TPSA) is 51.2 Å². The summed E-state index contributed by atoms with van der Waals surface area (Å²) in [6, 6.07) is 4.05.